The molecule has 1 unspecified atom stereocenters. The second kappa shape index (κ2) is 7.60. The van der Waals surface area contributed by atoms with E-state index < -0.39 is 0 Å². The molecule has 16 heavy (non-hydrogen) atoms. The molecule has 4 nitrogen and oxygen atoms in total. The van der Waals surface area contributed by atoms with Crippen LogP contribution in [0, 0.1) is 0 Å². The summed E-state index contributed by atoms with van der Waals surface area (Å²) in [7, 11) is 1.86. The van der Waals surface area contributed by atoms with Crippen LogP contribution in [0.1, 0.15) is 17.5 Å². The number of furan rings is 1. The van der Waals surface area contributed by atoms with Crippen molar-refractivity contribution in [1.82, 2.24) is 10.6 Å². The van der Waals surface area contributed by atoms with Crippen LogP contribution in [0.15, 0.2) is 21.6 Å². The average molecular weight is 265 g/mol. The number of rotatable bonds is 5. The van der Waals surface area contributed by atoms with Gasteiger partial charge in [-0.2, -0.15) is 0 Å². The van der Waals surface area contributed by atoms with E-state index in [0.29, 0.717) is 12.3 Å². The first kappa shape index (κ1) is 15.3. The van der Waals surface area contributed by atoms with E-state index in [1.165, 1.54) is 11.8 Å². The molecule has 2 N–H and O–H groups in total. The van der Waals surface area contributed by atoms with E-state index in [1.807, 2.05) is 20.2 Å². The van der Waals surface area contributed by atoms with Gasteiger partial charge in [-0.3, -0.25) is 4.79 Å². The molecule has 1 heterocycles. The third kappa shape index (κ3) is 4.47. The summed E-state index contributed by atoms with van der Waals surface area (Å²) in [6.07, 6.45) is 1.91. The Hall–Kier alpha value is -0.650. The van der Waals surface area contributed by atoms with Gasteiger partial charge in [0.25, 0.3) is 5.91 Å². The molecule has 1 atom stereocenters. The molecule has 0 fully saturated rings. The van der Waals surface area contributed by atoms with Crippen LogP contribution in [-0.4, -0.2) is 31.8 Å². The number of carbonyl (C=O) groups excluding carboxylic acids is 1. The highest BCUT2D eigenvalue weighted by molar-refractivity contribution is 7.98. The van der Waals surface area contributed by atoms with Crippen molar-refractivity contribution in [3.63, 3.8) is 0 Å². The summed E-state index contributed by atoms with van der Waals surface area (Å²) in [5, 5.41) is 6.57. The normalized spacial score (nSPS) is 11.7. The molecule has 0 bridgehead atoms. The van der Waals surface area contributed by atoms with E-state index in [-0.39, 0.29) is 24.4 Å². The van der Waals surface area contributed by atoms with Gasteiger partial charge in [0.1, 0.15) is 0 Å². The fourth-order valence-corrected chi connectivity index (χ4v) is 1.36. The fourth-order valence-electron chi connectivity index (χ4n) is 0.987. The first-order chi connectivity index (χ1) is 7.17. The van der Waals surface area contributed by atoms with E-state index >= 15 is 0 Å². The summed E-state index contributed by atoms with van der Waals surface area (Å²) in [5.41, 5.74) is 0. The number of hydrogen-bond donors (Lipinski definition) is 2. The van der Waals surface area contributed by atoms with Gasteiger partial charge in [-0.05, 0) is 32.4 Å². The molecule has 92 valence electrons. The number of halogens is 1. The highest BCUT2D eigenvalue weighted by Crippen LogP contribution is 2.17. The maximum atomic E-state index is 11.6. The minimum atomic E-state index is -0.169. The van der Waals surface area contributed by atoms with Crippen LogP contribution in [0.3, 0.4) is 0 Å². The van der Waals surface area contributed by atoms with Crippen LogP contribution >= 0.6 is 24.2 Å². The van der Waals surface area contributed by atoms with Gasteiger partial charge in [0.2, 0.25) is 0 Å². The third-order valence-corrected chi connectivity index (χ3v) is 2.69. The van der Waals surface area contributed by atoms with E-state index in [4.69, 9.17) is 4.42 Å². The molecule has 0 saturated carbocycles. The molecule has 0 aliphatic carbocycles. The van der Waals surface area contributed by atoms with Crippen LogP contribution in [0.2, 0.25) is 0 Å². The van der Waals surface area contributed by atoms with Crippen molar-refractivity contribution in [3.8, 4) is 0 Å². The first-order valence-electron chi connectivity index (χ1n) is 4.76. The molecule has 0 aliphatic rings. The number of likely N-dealkylation sites (N-methyl/N-ethyl adjacent to an activating group) is 1. The predicted molar refractivity (Wildman–Crippen MR) is 68.6 cm³/mol. The topological polar surface area (TPSA) is 54.3 Å². The van der Waals surface area contributed by atoms with Crippen molar-refractivity contribution >= 4 is 30.1 Å². The van der Waals surface area contributed by atoms with Crippen molar-refractivity contribution in [2.75, 3.05) is 19.8 Å². The standard InChI is InChI=1S/C10H16N2O2S.ClH/c1-7(11-2)6-12-10(13)8-4-5-9(14-8)15-3;/h4-5,7,11H,6H2,1-3H3,(H,12,13);1H. The minimum Gasteiger partial charge on any atom is -0.445 e. The van der Waals surface area contributed by atoms with Crippen LogP contribution in [0.4, 0.5) is 0 Å². The summed E-state index contributed by atoms with van der Waals surface area (Å²) in [6.45, 7) is 2.58. The van der Waals surface area contributed by atoms with Gasteiger partial charge in [0, 0.05) is 12.6 Å². The van der Waals surface area contributed by atoms with Gasteiger partial charge < -0.3 is 15.1 Å². The summed E-state index contributed by atoms with van der Waals surface area (Å²) >= 11 is 1.48. The summed E-state index contributed by atoms with van der Waals surface area (Å²) in [6, 6.07) is 3.73. The van der Waals surface area contributed by atoms with Gasteiger partial charge in [-0.1, -0.05) is 11.8 Å². The lowest BCUT2D eigenvalue weighted by Gasteiger charge is -2.09. The third-order valence-electron chi connectivity index (χ3n) is 2.07. The van der Waals surface area contributed by atoms with Crippen LogP contribution in [0.25, 0.3) is 0 Å². The SMILES string of the molecule is CNC(C)CNC(=O)c1ccc(SC)o1.Cl. The highest BCUT2D eigenvalue weighted by Gasteiger charge is 2.11. The number of carbonyl (C=O) groups is 1. The van der Waals surface area contributed by atoms with Crippen molar-refractivity contribution in [1.29, 1.82) is 0 Å². The second-order valence-corrected chi connectivity index (χ2v) is 4.03. The molecule has 0 aromatic carbocycles. The molecule has 0 saturated heterocycles. The lowest BCUT2D eigenvalue weighted by molar-refractivity contribution is 0.0918. The first-order valence-corrected chi connectivity index (χ1v) is 5.99. The molecular formula is C10H17ClN2O2S. The van der Waals surface area contributed by atoms with Crippen molar-refractivity contribution in [2.45, 2.75) is 18.1 Å². The molecule has 0 spiro atoms. The summed E-state index contributed by atoms with van der Waals surface area (Å²) in [4.78, 5) is 11.6. The second-order valence-electron chi connectivity index (χ2n) is 3.22. The zero-order valence-electron chi connectivity index (χ0n) is 9.57. The van der Waals surface area contributed by atoms with Gasteiger partial charge in [-0.25, -0.2) is 0 Å². The van der Waals surface area contributed by atoms with E-state index in [0.717, 1.165) is 5.09 Å². The number of amides is 1. The summed E-state index contributed by atoms with van der Waals surface area (Å²) < 4.78 is 5.29. The quantitative estimate of drug-likeness (QED) is 0.796. The number of thioether (sulfide) groups is 1. The lowest BCUT2D eigenvalue weighted by atomic mass is 10.3. The Labute approximate surface area is 106 Å². The maximum absolute atomic E-state index is 11.6. The average Bonchev–Trinajstić information content (AvgIpc) is 2.73. The van der Waals surface area contributed by atoms with Gasteiger partial charge in [0.15, 0.2) is 10.9 Å². The molecule has 1 rings (SSSR count). The van der Waals surface area contributed by atoms with Crippen molar-refractivity contribution in [2.24, 2.45) is 0 Å². The van der Waals surface area contributed by atoms with Crippen LogP contribution in [-0.2, 0) is 0 Å². The molecule has 1 amide bonds. The monoisotopic (exact) mass is 264 g/mol. The maximum Gasteiger partial charge on any atom is 0.287 e. The molecular weight excluding hydrogens is 248 g/mol. The van der Waals surface area contributed by atoms with Crippen molar-refractivity contribution in [3.05, 3.63) is 17.9 Å². The Morgan fingerprint density at radius 3 is 2.75 bits per heavy atom. The Kier molecular flexibility index (Phi) is 7.29. The molecule has 1 aromatic rings. The van der Waals surface area contributed by atoms with Crippen LogP contribution < -0.4 is 10.6 Å². The fraction of sp³-hybridized carbons (Fsp3) is 0.500. The Morgan fingerprint density at radius 2 is 2.25 bits per heavy atom. The largest absolute Gasteiger partial charge is 0.445 e. The van der Waals surface area contributed by atoms with Gasteiger partial charge >= 0.3 is 0 Å². The molecule has 0 radical (unpaired) electrons. The number of nitrogens with one attached hydrogen (secondary N) is 2. The van der Waals surface area contributed by atoms with E-state index in [1.54, 1.807) is 12.1 Å². The molecule has 6 heteroatoms. The zero-order chi connectivity index (χ0) is 11.3. The Morgan fingerprint density at radius 1 is 1.56 bits per heavy atom. The van der Waals surface area contributed by atoms with E-state index in [9.17, 15) is 4.79 Å². The number of hydrogen-bond acceptors (Lipinski definition) is 4. The van der Waals surface area contributed by atoms with Crippen LogP contribution in [0.5, 0.6) is 0 Å². The Bertz CT molecular complexity index is 330. The van der Waals surface area contributed by atoms with E-state index in [2.05, 4.69) is 10.6 Å². The van der Waals surface area contributed by atoms with Gasteiger partial charge in [-0.15, -0.1) is 12.4 Å². The summed E-state index contributed by atoms with van der Waals surface area (Å²) in [5.74, 6) is 0.194. The Balaban J connectivity index is 0.00000225. The smallest absolute Gasteiger partial charge is 0.287 e. The molecule has 1 aromatic heterocycles. The highest BCUT2D eigenvalue weighted by atomic mass is 35.5. The van der Waals surface area contributed by atoms with Gasteiger partial charge in [0.05, 0.1) is 0 Å². The lowest BCUT2D eigenvalue weighted by Crippen LogP contribution is -2.37. The van der Waals surface area contributed by atoms with Crippen molar-refractivity contribution < 1.29 is 9.21 Å². The minimum absolute atomic E-state index is 0. The zero-order valence-corrected chi connectivity index (χ0v) is 11.2. The molecule has 0 aliphatic heterocycles. The predicted octanol–water partition coefficient (Wildman–Crippen LogP) is 1.76.